The number of nitrogens with zero attached hydrogens (tertiary/aromatic N) is 2. The van der Waals surface area contributed by atoms with Crippen molar-refractivity contribution in [3.8, 4) is 0 Å². The van der Waals surface area contributed by atoms with Gasteiger partial charge in [0.2, 0.25) is 0 Å². The van der Waals surface area contributed by atoms with Crippen molar-refractivity contribution in [2.45, 2.75) is 32.7 Å². The van der Waals surface area contributed by atoms with E-state index in [9.17, 15) is 8.78 Å². The lowest BCUT2D eigenvalue weighted by molar-refractivity contribution is -0.0983. The fraction of sp³-hybridized carbons (Fsp3) is 0.500. The maximum absolute atomic E-state index is 14.2. The van der Waals surface area contributed by atoms with Gasteiger partial charge in [-0.2, -0.15) is 0 Å². The molecule has 0 spiro atoms. The fourth-order valence-electron chi connectivity index (χ4n) is 2.94. The summed E-state index contributed by atoms with van der Waals surface area (Å²) in [5, 5.41) is 1.37. The van der Waals surface area contributed by atoms with Gasteiger partial charge >= 0.3 is 0 Å². The third-order valence-electron chi connectivity index (χ3n) is 3.93. The van der Waals surface area contributed by atoms with Crippen molar-refractivity contribution in [2.24, 2.45) is 11.8 Å². The van der Waals surface area contributed by atoms with Crippen LogP contribution in [0.1, 0.15) is 19.5 Å². The average Bonchev–Trinajstić information content (AvgIpc) is 2.62. The molecule has 0 aromatic carbocycles. The lowest BCUT2D eigenvalue weighted by atomic mass is 9.83. The maximum atomic E-state index is 14.2. The van der Waals surface area contributed by atoms with Crippen LogP contribution in [0.2, 0.25) is 5.02 Å². The molecule has 0 amide bonds. The van der Waals surface area contributed by atoms with E-state index in [1.807, 2.05) is 19.9 Å². The van der Waals surface area contributed by atoms with Crippen LogP contribution >= 0.6 is 11.6 Å². The van der Waals surface area contributed by atoms with Gasteiger partial charge < -0.3 is 4.57 Å². The van der Waals surface area contributed by atoms with Gasteiger partial charge in [-0.05, 0) is 24.5 Å². The van der Waals surface area contributed by atoms with Gasteiger partial charge in [0, 0.05) is 23.2 Å². The van der Waals surface area contributed by atoms with E-state index in [-0.39, 0.29) is 12.5 Å². The summed E-state index contributed by atoms with van der Waals surface area (Å²) in [5.74, 6) is -3.34. The zero-order valence-electron chi connectivity index (χ0n) is 10.8. The molecule has 3 heterocycles. The van der Waals surface area contributed by atoms with Crippen molar-refractivity contribution in [2.75, 3.05) is 0 Å². The van der Waals surface area contributed by atoms with Gasteiger partial charge in [0.05, 0.1) is 11.6 Å². The zero-order chi connectivity index (χ0) is 13.8. The van der Waals surface area contributed by atoms with Gasteiger partial charge in [-0.1, -0.05) is 25.4 Å². The number of pyridine rings is 1. The first-order valence-corrected chi connectivity index (χ1v) is 6.78. The van der Waals surface area contributed by atoms with Crippen molar-refractivity contribution in [1.29, 1.82) is 0 Å². The summed E-state index contributed by atoms with van der Waals surface area (Å²) < 4.78 is 30.0. The number of rotatable bonds is 1. The van der Waals surface area contributed by atoms with E-state index in [2.05, 4.69) is 4.98 Å². The minimum atomic E-state index is -2.69. The van der Waals surface area contributed by atoms with Crippen molar-refractivity contribution in [1.82, 2.24) is 9.55 Å². The minimum absolute atomic E-state index is 0.0432. The van der Waals surface area contributed by atoms with Gasteiger partial charge in [0.1, 0.15) is 5.65 Å². The van der Waals surface area contributed by atoms with Crippen LogP contribution in [-0.2, 0) is 13.0 Å². The highest BCUT2D eigenvalue weighted by Crippen LogP contribution is 2.40. The highest BCUT2D eigenvalue weighted by molar-refractivity contribution is 6.31. The number of aromatic nitrogens is 2. The lowest BCUT2D eigenvalue weighted by Gasteiger charge is -2.35. The quantitative estimate of drug-likeness (QED) is 0.769. The molecule has 1 atom stereocenters. The second kappa shape index (κ2) is 4.17. The van der Waals surface area contributed by atoms with Crippen LogP contribution in [0.3, 0.4) is 0 Å². The molecule has 102 valence electrons. The van der Waals surface area contributed by atoms with Gasteiger partial charge in [0.25, 0.3) is 5.92 Å². The van der Waals surface area contributed by atoms with Crippen molar-refractivity contribution < 1.29 is 8.78 Å². The van der Waals surface area contributed by atoms with E-state index in [0.29, 0.717) is 17.1 Å². The largest absolute Gasteiger partial charge is 0.324 e. The predicted molar refractivity (Wildman–Crippen MR) is 71.7 cm³/mol. The summed E-state index contributed by atoms with van der Waals surface area (Å²) in [7, 11) is 0. The van der Waals surface area contributed by atoms with Crippen LogP contribution in [0.5, 0.6) is 0 Å². The lowest BCUT2D eigenvalue weighted by Crippen LogP contribution is -2.42. The molecule has 0 saturated carbocycles. The molecule has 19 heavy (non-hydrogen) atoms. The molecule has 0 N–H and O–H groups in total. The van der Waals surface area contributed by atoms with Gasteiger partial charge in [-0.25, -0.2) is 13.8 Å². The van der Waals surface area contributed by atoms with E-state index < -0.39 is 11.8 Å². The smallest absolute Gasteiger partial charge is 0.269 e. The van der Waals surface area contributed by atoms with Crippen LogP contribution in [0.25, 0.3) is 11.0 Å². The topological polar surface area (TPSA) is 17.8 Å². The molecule has 0 aliphatic carbocycles. The summed E-state index contributed by atoms with van der Waals surface area (Å²) in [4.78, 5) is 4.19. The first kappa shape index (κ1) is 12.9. The SMILES string of the molecule is CC(C)C1Cc2cc3cc(Cl)cnc3n2CC1(F)F. The Hall–Kier alpha value is -1.16. The first-order valence-electron chi connectivity index (χ1n) is 6.40. The Kier molecular flexibility index (Phi) is 2.82. The second-order valence-electron chi connectivity index (χ2n) is 5.60. The minimum Gasteiger partial charge on any atom is -0.324 e. The van der Waals surface area contributed by atoms with Crippen molar-refractivity contribution in [3.05, 3.63) is 29.0 Å². The second-order valence-corrected chi connectivity index (χ2v) is 6.04. The Bertz CT molecular complexity index is 634. The molecule has 2 aromatic heterocycles. The Labute approximate surface area is 115 Å². The molecule has 2 aromatic rings. The summed E-state index contributed by atoms with van der Waals surface area (Å²) in [6.07, 6.45) is 1.89. The van der Waals surface area contributed by atoms with Crippen LogP contribution in [0.4, 0.5) is 8.78 Å². The fourth-order valence-corrected chi connectivity index (χ4v) is 3.11. The molecule has 5 heteroatoms. The van der Waals surface area contributed by atoms with E-state index in [1.165, 1.54) is 6.20 Å². The maximum Gasteiger partial charge on any atom is 0.269 e. The molecule has 2 nitrogen and oxygen atoms in total. The van der Waals surface area contributed by atoms with Crippen LogP contribution in [0.15, 0.2) is 18.3 Å². The Balaban J connectivity index is 2.14. The Morgan fingerprint density at radius 2 is 2.16 bits per heavy atom. The molecular formula is C14H15ClF2N2. The van der Waals surface area contributed by atoms with Gasteiger partial charge in [0.15, 0.2) is 0 Å². The monoisotopic (exact) mass is 284 g/mol. The van der Waals surface area contributed by atoms with E-state index in [4.69, 9.17) is 11.6 Å². The van der Waals surface area contributed by atoms with Crippen LogP contribution < -0.4 is 0 Å². The molecular weight excluding hydrogens is 270 g/mol. The predicted octanol–water partition coefficient (Wildman–Crippen LogP) is 4.15. The summed E-state index contributed by atoms with van der Waals surface area (Å²) in [6.45, 7) is 3.42. The molecule has 0 saturated heterocycles. The molecule has 3 rings (SSSR count). The molecule has 1 aliphatic heterocycles. The highest BCUT2D eigenvalue weighted by Gasteiger charge is 2.45. The molecule has 0 radical (unpaired) electrons. The highest BCUT2D eigenvalue weighted by atomic mass is 35.5. The zero-order valence-corrected chi connectivity index (χ0v) is 11.6. The summed E-state index contributed by atoms with van der Waals surface area (Å²) in [6, 6.07) is 3.70. The van der Waals surface area contributed by atoms with Crippen molar-refractivity contribution in [3.63, 3.8) is 0 Å². The normalized spacial score (nSPS) is 21.9. The molecule has 0 bridgehead atoms. The Morgan fingerprint density at radius 1 is 1.42 bits per heavy atom. The van der Waals surface area contributed by atoms with Gasteiger partial charge in [-0.3, -0.25) is 0 Å². The number of halogens is 3. The third-order valence-corrected chi connectivity index (χ3v) is 4.14. The third kappa shape index (κ3) is 2.02. The number of hydrogen-bond acceptors (Lipinski definition) is 1. The van der Waals surface area contributed by atoms with E-state index in [1.54, 1.807) is 10.6 Å². The first-order chi connectivity index (χ1) is 8.88. The summed E-state index contributed by atoms with van der Waals surface area (Å²) >= 11 is 5.90. The Morgan fingerprint density at radius 3 is 2.84 bits per heavy atom. The van der Waals surface area contributed by atoms with Gasteiger partial charge in [-0.15, -0.1) is 0 Å². The van der Waals surface area contributed by atoms with Crippen LogP contribution in [-0.4, -0.2) is 15.5 Å². The molecule has 1 aliphatic rings. The van der Waals surface area contributed by atoms with E-state index in [0.717, 1.165) is 11.1 Å². The summed E-state index contributed by atoms with van der Waals surface area (Å²) in [5.41, 5.74) is 1.52. The standard InChI is InChI=1S/C14H15ClF2N2/c1-8(2)12-5-11-4-9-3-10(15)6-18-13(9)19(11)7-14(12,16)17/h3-4,6,8,12H,5,7H2,1-2H3. The molecule has 0 fully saturated rings. The van der Waals surface area contributed by atoms with Crippen molar-refractivity contribution >= 4 is 22.6 Å². The average molecular weight is 285 g/mol. The molecule has 1 unspecified atom stereocenters. The van der Waals surface area contributed by atoms with E-state index >= 15 is 0 Å². The number of hydrogen-bond donors (Lipinski definition) is 0. The number of fused-ring (bicyclic) bond motifs is 3. The number of alkyl halides is 2. The van der Waals surface area contributed by atoms with Crippen LogP contribution in [0, 0.1) is 11.8 Å².